The topological polar surface area (TPSA) is 101 Å². The maximum absolute atomic E-state index is 5.47. The van der Waals surface area contributed by atoms with Crippen LogP contribution in [0.4, 0.5) is 0 Å². The van der Waals surface area contributed by atoms with Gasteiger partial charge in [0.25, 0.3) is 0 Å². The maximum atomic E-state index is 5.47. The molecule has 0 aliphatic heterocycles. The van der Waals surface area contributed by atoms with Crippen LogP contribution in [-0.4, -0.2) is 48.9 Å². The van der Waals surface area contributed by atoms with Gasteiger partial charge in [-0.1, -0.05) is 6.07 Å². The Labute approximate surface area is 214 Å². The third-order valence-corrected chi connectivity index (χ3v) is 6.68. The molecule has 0 amide bonds. The van der Waals surface area contributed by atoms with E-state index in [4.69, 9.17) is 29.4 Å². The fourth-order valence-electron chi connectivity index (χ4n) is 4.83. The first-order valence-electron chi connectivity index (χ1n) is 12.2. The zero-order chi connectivity index (χ0) is 25.5. The van der Waals surface area contributed by atoms with Crippen molar-refractivity contribution >= 4 is 11.0 Å². The molecule has 0 saturated heterocycles. The highest BCUT2D eigenvalue weighted by atomic mass is 16.5. The molecule has 2 unspecified atom stereocenters. The van der Waals surface area contributed by atoms with Gasteiger partial charge in [-0.2, -0.15) is 4.68 Å². The first kappa shape index (κ1) is 23.0. The number of hydrogen-bond donors (Lipinski definition) is 0. The Morgan fingerprint density at radius 2 is 1.65 bits per heavy atom. The summed E-state index contributed by atoms with van der Waals surface area (Å²) in [7, 11) is 3.26. The fraction of sp³-hybridized carbons (Fsp3) is 0.286. The second kappa shape index (κ2) is 9.24. The number of aryl methyl sites for hydroxylation is 2. The van der Waals surface area contributed by atoms with Gasteiger partial charge in [-0.15, -0.1) is 5.10 Å². The minimum Gasteiger partial charge on any atom is -0.493 e. The largest absolute Gasteiger partial charge is 0.493 e. The van der Waals surface area contributed by atoms with Crippen LogP contribution in [-0.2, 0) is 6.42 Å². The summed E-state index contributed by atoms with van der Waals surface area (Å²) in [6.45, 7) is 3.81. The van der Waals surface area contributed by atoms with Crippen LogP contribution < -0.4 is 9.47 Å². The standard InChI is InChI=1S/C28H27N7O2/c1-16-30-24(20-14-19(20)21-8-9-22-23(33-21)6-5-11-29-22)15-28(31-16)35-27(32-17(2)34-35)13-18-7-10-25(36-3)26(12-18)37-4/h5-12,15,19-20H,13-14H2,1-4H3. The Morgan fingerprint density at radius 1 is 0.811 bits per heavy atom. The molecule has 0 bridgehead atoms. The first-order valence-corrected chi connectivity index (χ1v) is 12.2. The molecular weight excluding hydrogens is 466 g/mol. The lowest BCUT2D eigenvalue weighted by molar-refractivity contribution is 0.354. The van der Waals surface area contributed by atoms with E-state index < -0.39 is 0 Å². The second-order valence-corrected chi connectivity index (χ2v) is 9.28. The van der Waals surface area contributed by atoms with Gasteiger partial charge >= 0.3 is 0 Å². The van der Waals surface area contributed by atoms with Crippen molar-refractivity contribution in [2.45, 2.75) is 38.5 Å². The number of pyridine rings is 2. The molecule has 6 rings (SSSR count). The van der Waals surface area contributed by atoms with Crippen molar-refractivity contribution in [2.75, 3.05) is 14.2 Å². The van der Waals surface area contributed by atoms with E-state index in [0.29, 0.717) is 41.4 Å². The van der Waals surface area contributed by atoms with Crippen LogP contribution in [0.15, 0.2) is 54.7 Å². The lowest BCUT2D eigenvalue weighted by atomic mass is 10.1. The minimum absolute atomic E-state index is 0.293. The molecule has 1 saturated carbocycles. The SMILES string of the molecule is COc1ccc(Cc2nc(C)nn2-c2cc(C3CC3c3ccc4ncccc4n3)nc(C)n2)cc1OC. The summed E-state index contributed by atoms with van der Waals surface area (Å²) < 4.78 is 12.7. The highest BCUT2D eigenvalue weighted by molar-refractivity contribution is 5.73. The van der Waals surface area contributed by atoms with E-state index in [1.807, 2.05) is 61.0 Å². The van der Waals surface area contributed by atoms with Gasteiger partial charge in [0.2, 0.25) is 0 Å². The molecule has 2 atom stereocenters. The summed E-state index contributed by atoms with van der Waals surface area (Å²) in [5.74, 6) is 4.91. The number of fused-ring (bicyclic) bond motifs is 1. The first-order chi connectivity index (χ1) is 18.0. The van der Waals surface area contributed by atoms with Gasteiger partial charge in [-0.3, -0.25) is 9.97 Å². The molecule has 1 aliphatic rings. The third kappa shape index (κ3) is 4.48. The summed E-state index contributed by atoms with van der Waals surface area (Å²) in [5.41, 5.74) is 4.95. The smallest absolute Gasteiger partial charge is 0.161 e. The predicted molar refractivity (Wildman–Crippen MR) is 138 cm³/mol. The predicted octanol–water partition coefficient (Wildman–Crippen LogP) is 4.50. The molecule has 5 aromatic rings. The number of aromatic nitrogens is 7. The van der Waals surface area contributed by atoms with Gasteiger partial charge in [0.15, 0.2) is 17.3 Å². The number of methoxy groups -OCH3 is 2. The molecular formula is C28H27N7O2. The summed E-state index contributed by atoms with van der Waals surface area (Å²) in [4.78, 5) is 23.4. The van der Waals surface area contributed by atoms with Crippen LogP contribution in [0.25, 0.3) is 16.9 Å². The molecule has 0 N–H and O–H groups in total. The van der Waals surface area contributed by atoms with E-state index in [-0.39, 0.29) is 0 Å². The Balaban J connectivity index is 1.29. The third-order valence-electron chi connectivity index (χ3n) is 6.68. The van der Waals surface area contributed by atoms with E-state index in [2.05, 4.69) is 16.1 Å². The number of hydrogen-bond acceptors (Lipinski definition) is 8. The normalized spacial score (nSPS) is 16.6. The minimum atomic E-state index is 0.293. The van der Waals surface area contributed by atoms with E-state index in [9.17, 15) is 0 Å². The average molecular weight is 494 g/mol. The number of benzene rings is 1. The molecule has 1 fully saturated rings. The highest BCUT2D eigenvalue weighted by Crippen LogP contribution is 2.53. The molecule has 0 radical (unpaired) electrons. The van der Waals surface area contributed by atoms with Crippen molar-refractivity contribution in [1.82, 2.24) is 34.7 Å². The van der Waals surface area contributed by atoms with Gasteiger partial charge < -0.3 is 9.47 Å². The van der Waals surface area contributed by atoms with Crippen molar-refractivity contribution in [3.8, 4) is 17.3 Å². The second-order valence-electron chi connectivity index (χ2n) is 9.28. The molecule has 37 heavy (non-hydrogen) atoms. The summed E-state index contributed by atoms with van der Waals surface area (Å²) in [6.07, 6.45) is 3.37. The Hall–Kier alpha value is -4.40. The number of rotatable bonds is 7. The zero-order valence-corrected chi connectivity index (χ0v) is 21.2. The summed E-state index contributed by atoms with van der Waals surface area (Å²) in [6, 6.07) is 16.0. The molecule has 9 nitrogen and oxygen atoms in total. The molecule has 4 aromatic heterocycles. The van der Waals surface area contributed by atoms with E-state index >= 15 is 0 Å². The van der Waals surface area contributed by atoms with Gasteiger partial charge in [-0.25, -0.2) is 15.0 Å². The van der Waals surface area contributed by atoms with Crippen LogP contribution in [0.3, 0.4) is 0 Å². The molecule has 1 aromatic carbocycles. The van der Waals surface area contributed by atoms with Gasteiger partial charge in [0.1, 0.15) is 17.5 Å². The zero-order valence-electron chi connectivity index (χ0n) is 21.2. The Morgan fingerprint density at radius 3 is 2.49 bits per heavy atom. The van der Waals surface area contributed by atoms with Crippen LogP contribution >= 0.6 is 0 Å². The lowest BCUT2D eigenvalue weighted by Crippen LogP contribution is -2.09. The van der Waals surface area contributed by atoms with E-state index in [1.54, 1.807) is 20.4 Å². The maximum Gasteiger partial charge on any atom is 0.161 e. The van der Waals surface area contributed by atoms with E-state index in [1.165, 1.54) is 0 Å². The van der Waals surface area contributed by atoms with Crippen molar-refractivity contribution < 1.29 is 9.47 Å². The molecule has 1 aliphatic carbocycles. The molecule has 9 heteroatoms. The molecule has 0 spiro atoms. The van der Waals surface area contributed by atoms with Crippen molar-refractivity contribution in [3.63, 3.8) is 0 Å². The van der Waals surface area contributed by atoms with Crippen molar-refractivity contribution in [2.24, 2.45) is 0 Å². The summed E-state index contributed by atoms with van der Waals surface area (Å²) >= 11 is 0. The van der Waals surface area contributed by atoms with Crippen molar-refractivity contribution in [1.29, 1.82) is 0 Å². The average Bonchev–Trinajstić information content (AvgIpc) is 3.64. The quantitative estimate of drug-likeness (QED) is 0.327. The van der Waals surface area contributed by atoms with Crippen LogP contribution in [0.2, 0.25) is 0 Å². The summed E-state index contributed by atoms with van der Waals surface area (Å²) in [5, 5.41) is 4.67. The van der Waals surface area contributed by atoms with Crippen LogP contribution in [0.5, 0.6) is 11.5 Å². The Bertz CT molecular complexity index is 1610. The van der Waals surface area contributed by atoms with Crippen LogP contribution in [0.1, 0.15) is 52.7 Å². The fourth-order valence-corrected chi connectivity index (χ4v) is 4.83. The monoisotopic (exact) mass is 493 g/mol. The van der Waals surface area contributed by atoms with Gasteiger partial charge in [0, 0.05) is 36.2 Å². The Kier molecular flexibility index (Phi) is 5.75. The van der Waals surface area contributed by atoms with Crippen LogP contribution in [0, 0.1) is 13.8 Å². The number of ether oxygens (including phenoxy) is 2. The van der Waals surface area contributed by atoms with Crippen molar-refractivity contribution in [3.05, 3.63) is 89.2 Å². The van der Waals surface area contributed by atoms with Gasteiger partial charge in [-0.05, 0) is 62.2 Å². The van der Waals surface area contributed by atoms with E-state index in [0.717, 1.165) is 46.0 Å². The number of nitrogens with zero attached hydrogens (tertiary/aromatic N) is 7. The lowest BCUT2D eigenvalue weighted by Gasteiger charge is -2.11. The molecule has 4 heterocycles. The van der Waals surface area contributed by atoms with Gasteiger partial charge in [0.05, 0.1) is 30.9 Å². The highest BCUT2D eigenvalue weighted by Gasteiger charge is 2.42. The molecule has 186 valence electrons.